The highest BCUT2D eigenvalue weighted by molar-refractivity contribution is 5.78. The largest absolute Gasteiger partial charge is 0.330 e. The Labute approximate surface area is 173 Å². The molecule has 0 radical (unpaired) electrons. The van der Waals surface area contributed by atoms with Gasteiger partial charge in [0.05, 0.1) is 35.9 Å². The molecule has 5 rings (SSSR count). The van der Waals surface area contributed by atoms with Crippen LogP contribution in [0.25, 0.3) is 11.0 Å². The summed E-state index contributed by atoms with van der Waals surface area (Å²) in [6, 6.07) is 4.57. The van der Waals surface area contributed by atoms with Crippen molar-refractivity contribution in [2.45, 2.75) is 44.7 Å². The molecule has 2 aliphatic rings. The number of halogens is 1. The third-order valence-electron chi connectivity index (χ3n) is 6.28. The summed E-state index contributed by atoms with van der Waals surface area (Å²) in [7, 11) is 0. The highest BCUT2D eigenvalue weighted by atomic mass is 19.1. The topological polar surface area (TPSA) is 73.1 Å². The van der Waals surface area contributed by atoms with Crippen molar-refractivity contribution in [2.24, 2.45) is 11.8 Å². The van der Waals surface area contributed by atoms with Gasteiger partial charge in [0.25, 0.3) is 0 Å². The van der Waals surface area contributed by atoms with Crippen LogP contribution in [-0.4, -0.2) is 37.1 Å². The predicted octanol–water partition coefficient (Wildman–Crippen LogP) is 3.68. The van der Waals surface area contributed by atoms with Gasteiger partial charge in [-0.25, -0.2) is 14.4 Å². The number of carbonyl (C=O) groups excluding carboxylic acids is 1. The summed E-state index contributed by atoms with van der Waals surface area (Å²) in [5.41, 5.74) is 2.41. The Bertz CT molecular complexity index is 1030. The van der Waals surface area contributed by atoms with Crippen LogP contribution in [0.15, 0.2) is 43.1 Å². The highest BCUT2D eigenvalue weighted by Gasteiger charge is 2.38. The molecule has 0 bridgehead atoms. The van der Waals surface area contributed by atoms with Gasteiger partial charge in [-0.2, -0.15) is 0 Å². The molecule has 3 aromatic rings. The number of aromatic nitrogens is 4. The van der Waals surface area contributed by atoms with Crippen molar-refractivity contribution in [1.29, 1.82) is 0 Å². The summed E-state index contributed by atoms with van der Waals surface area (Å²) < 4.78 is 15.5. The summed E-state index contributed by atoms with van der Waals surface area (Å²) in [6.45, 7) is 1.36. The van der Waals surface area contributed by atoms with E-state index in [1.165, 1.54) is 17.2 Å². The number of nitrogens with zero attached hydrogens (tertiary/aromatic N) is 5. The zero-order valence-electron chi connectivity index (χ0n) is 16.7. The number of imidazole rings is 1. The third kappa shape index (κ3) is 3.67. The fraction of sp³-hybridized carbons (Fsp3) is 0.455. The third-order valence-corrected chi connectivity index (χ3v) is 6.28. The first kappa shape index (κ1) is 19.1. The van der Waals surface area contributed by atoms with Gasteiger partial charge in [0, 0.05) is 37.3 Å². The van der Waals surface area contributed by atoms with E-state index in [0.717, 1.165) is 49.9 Å². The van der Waals surface area contributed by atoms with Crippen LogP contribution in [0, 0.1) is 17.7 Å². The standard InChI is InChI=1S/C22H24FN5O2/c23-17-5-6-20-18(11-17)26-14-27(20)13-15-1-3-16(4-2-15)22(29)28-21(7-10-30-28)19-12-24-8-9-25-19/h5-6,8-9,11-12,14-16,21H,1-4,7,10,13H2/t15-,16-,21-/m0/s1. The van der Waals surface area contributed by atoms with Gasteiger partial charge < -0.3 is 4.57 Å². The minimum atomic E-state index is -0.268. The smallest absolute Gasteiger partial charge is 0.249 e. The quantitative estimate of drug-likeness (QED) is 0.657. The maximum absolute atomic E-state index is 13.4. The van der Waals surface area contributed by atoms with E-state index >= 15 is 0 Å². The van der Waals surface area contributed by atoms with E-state index in [4.69, 9.17) is 4.84 Å². The lowest BCUT2D eigenvalue weighted by atomic mass is 9.81. The summed E-state index contributed by atoms with van der Waals surface area (Å²) in [4.78, 5) is 31.6. The molecule has 3 heterocycles. The average molecular weight is 409 g/mol. The zero-order chi connectivity index (χ0) is 20.5. The Hall–Kier alpha value is -2.87. The molecule has 1 aromatic carbocycles. The number of hydrogen-bond acceptors (Lipinski definition) is 5. The van der Waals surface area contributed by atoms with E-state index < -0.39 is 0 Å². The van der Waals surface area contributed by atoms with Crippen LogP contribution >= 0.6 is 0 Å². The van der Waals surface area contributed by atoms with Crippen molar-refractivity contribution in [3.05, 3.63) is 54.6 Å². The van der Waals surface area contributed by atoms with Gasteiger partial charge in [-0.05, 0) is 43.7 Å². The minimum absolute atomic E-state index is 0.0212. The number of hydroxylamine groups is 2. The van der Waals surface area contributed by atoms with Gasteiger partial charge in [0.1, 0.15) is 11.9 Å². The lowest BCUT2D eigenvalue weighted by Crippen LogP contribution is -2.37. The molecule has 7 nitrogen and oxygen atoms in total. The lowest BCUT2D eigenvalue weighted by molar-refractivity contribution is -0.183. The van der Waals surface area contributed by atoms with E-state index in [1.807, 2.05) is 0 Å². The van der Waals surface area contributed by atoms with Gasteiger partial charge >= 0.3 is 0 Å². The summed E-state index contributed by atoms with van der Waals surface area (Å²) in [6.07, 6.45) is 11.1. The summed E-state index contributed by atoms with van der Waals surface area (Å²) in [5.74, 6) is 0.250. The predicted molar refractivity (Wildman–Crippen MR) is 107 cm³/mol. The molecule has 1 atom stereocenters. The lowest BCUT2D eigenvalue weighted by Gasteiger charge is -2.31. The van der Waals surface area contributed by atoms with E-state index in [2.05, 4.69) is 19.5 Å². The molecule has 1 aliphatic carbocycles. The van der Waals surface area contributed by atoms with Crippen LogP contribution in [0.2, 0.25) is 0 Å². The van der Waals surface area contributed by atoms with Crippen molar-refractivity contribution in [1.82, 2.24) is 24.6 Å². The van der Waals surface area contributed by atoms with Crippen LogP contribution < -0.4 is 0 Å². The molecular formula is C22H24FN5O2. The fourth-order valence-corrected chi connectivity index (χ4v) is 4.67. The molecule has 0 N–H and O–H groups in total. The first-order valence-electron chi connectivity index (χ1n) is 10.5. The molecule has 1 saturated heterocycles. The average Bonchev–Trinajstić information content (AvgIpc) is 3.42. The van der Waals surface area contributed by atoms with E-state index in [0.29, 0.717) is 18.0 Å². The van der Waals surface area contributed by atoms with Crippen LogP contribution in [0.5, 0.6) is 0 Å². The molecule has 2 aromatic heterocycles. The van der Waals surface area contributed by atoms with Gasteiger partial charge in [0.2, 0.25) is 5.91 Å². The molecular weight excluding hydrogens is 385 g/mol. The second-order valence-corrected chi connectivity index (χ2v) is 8.18. The number of carbonyl (C=O) groups is 1. The molecule has 0 spiro atoms. The Morgan fingerprint density at radius 1 is 1.13 bits per heavy atom. The van der Waals surface area contributed by atoms with Crippen LogP contribution in [0.1, 0.15) is 43.8 Å². The number of fused-ring (bicyclic) bond motifs is 1. The molecule has 156 valence electrons. The van der Waals surface area contributed by atoms with Crippen molar-refractivity contribution < 1.29 is 14.0 Å². The van der Waals surface area contributed by atoms with Crippen molar-refractivity contribution in [3.8, 4) is 0 Å². The van der Waals surface area contributed by atoms with Crippen LogP contribution in [-0.2, 0) is 16.2 Å². The SMILES string of the molecule is O=C([C@H]1CC[C@H](Cn2cnc3cc(F)ccc32)CC1)N1OCC[C@H]1c1cnccn1. The van der Waals surface area contributed by atoms with Crippen molar-refractivity contribution in [3.63, 3.8) is 0 Å². The molecule has 1 saturated carbocycles. The van der Waals surface area contributed by atoms with Gasteiger partial charge in [-0.1, -0.05) is 0 Å². The molecule has 8 heteroatoms. The Balaban J connectivity index is 1.21. The first-order valence-corrected chi connectivity index (χ1v) is 10.5. The second-order valence-electron chi connectivity index (χ2n) is 8.18. The highest BCUT2D eigenvalue weighted by Crippen LogP contribution is 2.36. The zero-order valence-corrected chi connectivity index (χ0v) is 16.7. The van der Waals surface area contributed by atoms with E-state index in [9.17, 15) is 9.18 Å². The Morgan fingerprint density at radius 3 is 2.80 bits per heavy atom. The van der Waals surface area contributed by atoms with Crippen molar-refractivity contribution in [2.75, 3.05) is 6.61 Å². The monoisotopic (exact) mass is 409 g/mol. The maximum Gasteiger partial charge on any atom is 0.249 e. The van der Waals surface area contributed by atoms with Gasteiger partial charge in [-0.3, -0.25) is 19.6 Å². The maximum atomic E-state index is 13.4. The van der Waals surface area contributed by atoms with Crippen LogP contribution in [0.3, 0.4) is 0 Å². The van der Waals surface area contributed by atoms with E-state index in [-0.39, 0.29) is 23.7 Å². The molecule has 30 heavy (non-hydrogen) atoms. The van der Waals surface area contributed by atoms with Gasteiger partial charge in [0.15, 0.2) is 0 Å². The molecule has 1 aliphatic heterocycles. The van der Waals surface area contributed by atoms with E-state index in [1.54, 1.807) is 31.0 Å². The summed E-state index contributed by atoms with van der Waals surface area (Å²) >= 11 is 0. The molecule has 2 fully saturated rings. The van der Waals surface area contributed by atoms with Crippen molar-refractivity contribution >= 4 is 16.9 Å². The second kappa shape index (κ2) is 8.10. The van der Waals surface area contributed by atoms with Crippen LogP contribution in [0.4, 0.5) is 4.39 Å². The Kier molecular flexibility index (Phi) is 5.16. The normalized spacial score (nSPS) is 24.4. The number of amides is 1. The van der Waals surface area contributed by atoms with Gasteiger partial charge in [-0.15, -0.1) is 0 Å². The Morgan fingerprint density at radius 2 is 2.00 bits per heavy atom. The molecule has 0 unspecified atom stereocenters. The number of hydrogen-bond donors (Lipinski definition) is 0. The molecule has 1 amide bonds. The minimum Gasteiger partial charge on any atom is -0.330 e. The fourth-order valence-electron chi connectivity index (χ4n) is 4.67. The number of rotatable bonds is 4. The summed E-state index contributed by atoms with van der Waals surface area (Å²) in [5, 5.41) is 1.53. The first-order chi connectivity index (χ1) is 14.7. The number of benzene rings is 1.